The predicted molar refractivity (Wildman–Crippen MR) is 131 cm³/mol. The van der Waals surface area contributed by atoms with Crippen molar-refractivity contribution in [2.75, 3.05) is 0 Å². The molecule has 2 aromatic heterocycles. The molecular formula is C20H30Br2ILiN2O2. The smallest absolute Gasteiger partial charge is 0.387 e. The second-order valence-electron chi connectivity index (χ2n) is 5.14. The summed E-state index contributed by atoms with van der Waals surface area (Å²) >= 11 is 8.69. The van der Waals surface area contributed by atoms with Crippen LogP contribution < -0.4 is 18.9 Å². The van der Waals surface area contributed by atoms with Gasteiger partial charge < -0.3 is 16.8 Å². The van der Waals surface area contributed by atoms with Crippen LogP contribution >= 0.6 is 54.5 Å². The second-order valence-corrected chi connectivity index (χ2v) is 8.07. The largest absolute Gasteiger partial charge is 1.00 e. The summed E-state index contributed by atoms with van der Waals surface area (Å²) in [6, 6.07) is 7.56. The fourth-order valence-electron chi connectivity index (χ4n) is 0.992. The van der Waals surface area contributed by atoms with Gasteiger partial charge in [0.1, 0.15) is 9.48 Å². The van der Waals surface area contributed by atoms with Gasteiger partial charge in [-0.15, -0.1) is 0 Å². The first-order chi connectivity index (χ1) is 12.1. The number of pyridine rings is 2. The molecule has 4 nitrogen and oxygen atoms in total. The number of aromatic nitrogens is 2. The molecule has 0 aliphatic heterocycles. The van der Waals surface area contributed by atoms with Crippen LogP contribution in [0.5, 0.6) is 0 Å². The van der Waals surface area contributed by atoms with Crippen LogP contribution in [0.3, 0.4) is 0 Å². The Balaban J connectivity index is -0.000000145. The van der Waals surface area contributed by atoms with Crippen LogP contribution in [0.2, 0.25) is 0 Å². The predicted octanol–water partition coefficient (Wildman–Crippen LogP) is 4.20. The fourth-order valence-corrected chi connectivity index (χ4v) is 1.78. The van der Waals surface area contributed by atoms with Gasteiger partial charge in [0.15, 0.2) is 0 Å². The zero-order valence-electron chi connectivity index (χ0n) is 16.5. The van der Waals surface area contributed by atoms with E-state index in [0.29, 0.717) is 5.69 Å². The molecule has 28 heavy (non-hydrogen) atoms. The third-order valence-corrected chi connectivity index (χ3v) is 3.80. The Bertz CT molecular complexity index is 571. The molecule has 1 atom stereocenters. The molecule has 0 bridgehead atoms. The van der Waals surface area contributed by atoms with E-state index in [1.165, 1.54) is 20.3 Å². The van der Waals surface area contributed by atoms with Gasteiger partial charge in [-0.2, -0.15) is 6.42 Å². The van der Waals surface area contributed by atoms with Gasteiger partial charge in [-0.3, -0.25) is 4.98 Å². The summed E-state index contributed by atoms with van der Waals surface area (Å²) in [7, 11) is 0. The van der Waals surface area contributed by atoms with Crippen molar-refractivity contribution in [2.45, 2.75) is 54.1 Å². The van der Waals surface area contributed by atoms with Crippen LogP contribution in [-0.2, 0) is 4.79 Å². The van der Waals surface area contributed by atoms with Crippen LogP contribution in [0.25, 0.3) is 0 Å². The molecule has 0 radical (unpaired) electrons. The van der Waals surface area contributed by atoms with Crippen molar-refractivity contribution in [2.24, 2.45) is 0 Å². The van der Waals surface area contributed by atoms with E-state index in [9.17, 15) is 4.79 Å². The molecule has 0 aliphatic carbocycles. The Morgan fingerprint density at radius 1 is 1.14 bits per heavy atom. The summed E-state index contributed by atoms with van der Waals surface area (Å²) in [5, 5.41) is 9.04. The van der Waals surface area contributed by atoms with Crippen LogP contribution in [-0.4, -0.2) is 20.9 Å². The SMILES string of the molecule is Brc1ccc(I)nc1.C.C[14CH](O)c1ccc(Br)cn1.C[14C](C)=O.[CH2-]CCC.[Li+]. The second kappa shape index (κ2) is 23.5. The molecule has 0 aliphatic rings. The van der Waals surface area contributed by atoms with Gasteiger partial charge in [0.2, 0.25) is 0 Å². The molecule has 0 saturated heterocycles. The fraction of sp³-hybridized carbons (Fsp3) is 0.400. The number of halogens is 3. The normalized spacial score (nSPS) is 9.32. The number of ketones is 1. The molecule has 1 unspecified atom stereocenters. The molecule has 0 spiro atoms. The number of carbonyl (C=O) groups excluding carboxylic acids is 1. The van der Waals surface area contributed by atoms with E-state index >= 15 is 0 Å². The minimum Gasteiger partial charge on any atom is -0.387 e. The van der Waals surface area contributed by atoms with Crippen molar-refractivity contribution in [3.05, 3.63) is 61.9 Å². The maximum Gasteiger partial charge on any atom is 1.00 e. The van der Waals surface area contributed by atoms with E-state index in [1.807, 2.05) is 18.2 Å². The van der Waals surface area contributed by atoms with E-state index in [-0.39, 0.29) is 32.1 Å². The van der Waals surface area contributed by atoms with Crippen LogP contribution in [0.15, 0.2) is 45.6 Å². The van der Waals surface area contributed by atoms with Crippen molar-refractivity contribution < 1.29 is 28.8 Å². The van der Waals surface area contributed by atoms with Gasteiger partial charge >= 0.3 is 18.9 Å². The van der Waals surface area contributed by atoms with Gasteiger partial charge in [-0.05, 0) is 99.5 Å². The number of carbonyl (C=O) groups is 1. The molecule has 2 aromatic rings. The maximum atomic E-state index is 9.44. The molecule has 2 heterocycles. The van der Waals surface area contributed by atoms with E-state index in [0.717, 1.165) is 19.1 Å². The first kappa shape index (κ1) is 35.6. The van der Waals surface area contributed by atoms with Crippen LogP contribution in [0.1, 0.15) is 59.8 Å². The van der Waals surface area contributed by atoms with Gasteiger partial charge in [-0.25, -0.2) is 4.98 Å². The van der Waals surface area contributed by atoms with E-state index in [1.54, 1.807) is 25.4 Å². The number of hydrogen-bond acceptors (Lipinski definition) is 4. The number of unbranched alkanes of at least 4 members (excludes halogenated alkanes) is 1. The zero-order chi connectivity index (χ0) is 20.5. The first-order valence-corrected chi connectivity index (χ1v) is 10.6. The summed E-state index contributed by atoms with van der Waals surface area (Å²) in [6.45, 7) is 10.5. The number of nitrogens with zero attached hydrogens (tertiary/aromatic N) is 2. The Hall–Kier alpha value is 0.217. The van der Waals surface area contributed by atoms with Crippen molar-refractivity contribution in [3.63, 3.8) is 0 Å². The number of Topliss-reactive ketones (excluding diaryl/α,β-unsaturated/α-hetero) is 1. The topological polar surface area (TPSA) is 63.1 Å². The maximum absolute atomic E-state index is 9.44. The van der Waals surface area contributed by atoms with Gasteiger partial charge in [0.25, 0.3) is 0 Å². The van der Waals surface area contributed by atoms with E-state index < -0.39 is 6.10 Å². The molecule has 0 saturated carbocycles. The molecule has 2 rings (SSSR count). The van der Waals surface area contributed by atoms with Gasteiger partial charge in [-0.1, -0.05) is 20.8 Å². The summed E-state index contributed by atoms with van der Waals surface area (Å²) in [4.78, 5) is 17.4. The minimum atomic E-state index is -0.479. The molecule has 8 heteroatoms. The number of hydrogen-bond donors (Lipinski definition) is 1. The zero-order valence-corrected chi connectivity index (χ0v) is 21.9. The third-order valence-electron chi connectivity index (χ3n) is 2.22. The van der Waals surface area contributed by atoms with Crippen molar-refractivity contribution in [1.82, 2.24) is 9.97 Å². The number of aliphatic hydroxyl groups is 1. The summed E-state index contributed by atoms with van der Waals surface area (Å²) in [5.41, 5.74) is 0.697. The molecular weight excluding hydrogens is 598 g/mol. The number of rotatable bonds is 2. The average Bonchev–Trinajstić information content (AvgIpc) is 2.58. The Morgan fingerprint density at radius 3 is 1.75 bits per heavy atom. The van der Waals surface area contributed by atoms with Crippen LogP contribution in [0.4, 0.5) is 0 Å². The average molecular weight is 628 g/mol. The van der Waals surface area contributed by atoms with E-state index in [2.05, 4.69) is 78.3 Å². The third kappa shape index (κ3) is 26.2. The molecule has 0 amide bonds. The van der Waals surface area contributed by atoms with Crippen molar-refractivity contribution >= 4 is 60.2 Å². The van der Waals surface area contributed by atoms with Crippen molar-refractivity contribution in [3.8, 4) is 0 Å². The monoisotopic (exact) mass is 626 g/mol. The Kier molecular flexibility index (Phi) is 29.9. The molecule has 0 aromatic carbocycles. The van der Waals surface area contributed by atoms with Crippen LogP contribution in [0, 0.1) is 10.6 Å². The molecule has 154 valence electrons. The van der Waals surface area contributed by atoms with Gasteiger partial charge in [0.05, 0.1) is 11.8 Å². The Labute approximate surface area is 213 Å². The summed E-state index contributed by atoms with van der Waals surface area (Å²) in [5.74, 6) is 0.167. The van der Waals surface area contributed by atoms with E-state index in [4.69, 9.17) is 5.11 Å². The minimum absolute atomic E-state index is 0. The quantitative estimate of drug-likeness (QED) is 0.235. The number of aliphatic hydroxyl groups excluding tert-OH is 1. The summed E-state index contributed by atoms with van der Waals surface area (Å²) < 4.78 is 2.97. The first-order valence-electron chi connectivity index (χ1n) is 7.96. The summed E-state index contributed by atoms with van der Waals surface area (Å²) in [6.07, 6.45) is 5.25. The standard InChI is InChI=1S/C7H8BrNO.C5H3BrIN.C4H9.C3H6O.CH4.Li/c1-5(10)7-3-2-6(8)4-9-7;6-4-1-2-5(7)8-3-4;1-3-4-2;1-3(2)4;;/h2-5,10H,1H3;1-3H;1,3-4H2,2H3;1-2H3;1H4;/q;;-1;;;+1/i5+2;;;3+2;;. The molecule has 1 N–H and O–H groups in total. The molecule has 0 fully saturated rings. The Morgan fingerprint density at radius 2 is 1.54 bits per heavy atom. The van der Waals surface area contributed by atoms with Gasteiger partial charge in [0, 0.05) is 21.3 Å². The van der Waals surface area contributed by atoms with Crippen molar-refractivity contribution in [1.29, 1.82) is 0 Å².